The number of methoxy groups -OCH3 is 2. The van der Waals surface area contributed by atoms with E-state index in [4.69, 9.17) is 19.9 Å². The summed E-state index contributed by atoms with van der Waals surface area (Å²) in [6.45, 7) is 6.89. The highest BCUT2D eigenvalue weighted by atomic mass is 16.6. The predicted molar refractivity (Wildman–Crippen MR) is 106 cm³/mol. The van der Waals surface area contributed by atoms with Gasteiger partial charge in [-0.25, -0.2) is 9.59 Å². The zero-order valence-corrected chi connectivity index (χ0v) is 17.1. The highest BCUT2D eigenvalue weighted by Gasteiger charge is 2.48. The van der Waals surface area contributed by atoms with Crippen molar-refractivity contribution in [3.63, 3.8) is 0 Å². The number of rotatable bonds is 4. The molecular weight excluding hydrogens is 362 g/mol. The van der Waals surface area contributed by atoms with E-state index in [2.05, 4.69) is 5.32 Å². The zero-order valence-electron chi connectivity index (χ0n) is 17.1. The van der Waals surface area contributed by atoms with Gasteiger partial charge in [-0.1, -0.05) is 0 Å². The van der Waals surface area contributed by atoms with Crippen molar-refractivity contribution >= 4 is 23.4 Å². The molecule has 28 heavy (non-hydrogen) atoms. The number of carbonyl (C=O) groups is 2. The Labute approximate surface area is 165 Å². The van der Waals surface area contributed by atoms with Gasteiger partial charge in [0.1, 0.15) is 11.4 Å². The van der Waals surface area contributed by atoms with Crippen LogP contribution in [0.25, 0.3) is 0 Å². The summed E-state index contributed by atoms with van der Waals surface area (Å²) in [7, 11) is 2.88. The van der Waals surface area contributed by atoms with Gasteiger partial charge in [0.2, 0.25) is 0 Å². The van der Waals surface area contributed by atoms with Gasteiger partial charge in [-0.15, -0.1) is 0 Å². The van der Waals surface area contributed by atoms with Crippen molar-refractivity contribution in [2.75, 3.05) is 38.4 Å². The summed E-state index contributed by atoms with van der Waals surface area (Å²) in [4.78, 5) is 26.1. The number of benzene rings is 1. The minimum Gasteiger partial charge on any atom is -0.495 e. The lowest BCUT2D eigenvalue weighted by Gasteiger charge is -2.53. The second kappa shape index (κ2) is 7.41. The summed E-state index contributed by atoms with van der Waals surface area (Å²) in [5.41, 5.74) is 6.74. The SMILES string of the molecule is COC(=O)c1cc(N[C@H]2[C@@H]3C[C@H]2CN(C(=O)OC(C)(C)C)C3)c(OC)cc1N. The predicted octanol–water partition coefficient (Wildman–Crippen LogP) is 2.73. The second-order valence-corrected chi connectivity index (χ2v) is 8.44. The Morgan fingerprint density at radius 1 is 1.18 bits per heavy atom. The quantitative estimate of drug-likeness (QED) is 0.601. The maximum absolute atomic E-state index is 12.3. The van der Waals surface area contributed by atoms with Gasteiger partial charge in [-0.2, -0.15) is 0 Å². The van der Waals surface area contributed by atoms with Crippen LogP contribution in [0.1, 0.15) is 37.6 Å². The summed E-state index contributed by atoms with van der Waals surface area (Å²) in [6.07, 6.45) is 0.789. The van der Waals surface area contributed by atoms with E-state index in [1.165, 1.54) is 7.11 Å². The van der Waals surface area contributed by atoms with Crippen molar-refractivity contribution < 1.29 is 23.8 Å². The first-order valence-electron chi connectivity index (χ1n) is 9.43. The summed E-state index contributed by atoms with van der Waals surface area (Å²) in [5, 5.41) is 3.49. The van der Waals surface area contributed by atoms with Gasteiger partial charge >= 0.3 is 12.1 Å². The summed E-state index contributed by atoms with van der Waals surface area (Å²) < 4.78 is 15.7. The number of nitrogens with one attached hydrogen (secondary N) is 1. The minimum atomic E-state index is -0.502. The lowest BCUT2D eigenvalue weighted by molar-refractivity contribution is -0.0223. The van der Waals surface area contributed by atoms with Crippen LogP contribution in [0.2, 0.25) is 0 Å². The van der Waals surface area contributed by atoms with E-state index in [-0.39, 0.29) is 12.1 Å². The van der Waals surface area contributed by atoms with Crippen LogP contribution in [0.15, 0.2) is 12.1 Å². The van der Waals surface area contributed by atoms with Crippen LogP contribution in [0.4, 0.5) is 16.2 Å². The van der Waals surface area contributed by atoms with Gasteiger partial charge in [-0.05, 0) is 45.1 Å². The molecule has 154 valence electrons. The Morgan fingerprint density at radius 2 is 1.82 bits per heavy atom. The van der Waals surface area contributed by atoms with Crippen LogP contribution in [0.3, 0.4) is 0 Å². The fourth-order valence-electron chi connectivity index (χ4n) is 3.94. The van der Waals surface area contributed by atoms with Crippen molar-refractivity contribution in [3.05, 3.63) is 17.7 Å². The lowest BCUT2D eigenvalue weighted by Crippen LogP contribution is -2.62. The summed E-state index contributed by atoms with van der Waals surface area (Å²) in [5.74, 6) is 0.706. The van der Waals surface area contributed by atoms with Gasteiger partial charge < -0.3 is 30.2 Å². The largest absolute Gasteiger partial charge is 0.495 e. The van der Waals surface area contributed by atoms with Gasteiger partial charge in [-0.3, -0.25) is 0 Å². The molecule has 1 aromatic rings. The first-order chi connectivity index (χ1) is 13.1. The monoisotopic (exact) mass is 391 g/mol. The third-order valence-corrected chi connectivity index (χ3v) is 5.28. The van der Waals surface area contributed by atoms with Crippen molar-refractivity contribution in [1.29, 1.82) is 0 Å². The van der Waals surface area contributed by atoms with Crippen LogP contribution in [0.5, 0.6) is 5.75 Å². The number of hydrogen-bond acceptors (Lipinski definition) is 7. The van der Waals surface area contributed by atoms with E-state index in [9.17, 15) is 9.59 Å². The molecule has 3 rings (SSSR count). The molecule has 0 radical (unpaired) electrons. The fraction of sp³-hybridized carbons (Fsp3) is 0.600. The smallest absolute Gasteiger partial charge is 0.410 e. The van der Waals surface area contributed by atoms with E-state index in [1.807, 2.05) is 20.8 Å². The van der Waals surface area contributed by atoms with Crippen LogP contribution in [-0.4, -0.2) is 55.9 Å². The first kappa shape index (κ1) is 20.1. The maximum Gasteiger partial charge on any atom is 0.410 e. The molecule has 0 spiro atoms. The molecule has 1 aromatic carbocycles. The molecule has 1 saturated carbocycles. The number of piperidine rings is 2. The number of likely N-dealkylation sites (tertiary alicyclic amines) is 1. The highest BCUT2D eigenvalue weighted by molar-refractivity contribution is 5.97. The number of fused-ring (bicyclic) bond motifs is 2. The number of nitrogens with zero attached hydrogens (tertiary/aromatic N) is 1. The van der Waals surface area contributed by atoms with Gasteiger partial charge in [0, 0.05) is 30.9 Å². The van der Waals surface area contributed by atoms with Crippen molar-refractivity contribution in [2.45, 2.75) is 38.8 Å². The molecule has 2 fully saturated rings. The Morgan fingerprint density at radius 3 is 2.36 bits per heavy atom. The second-order valence-electron chi connectivity index (χ2n) is 8.44. The third-order valence-electron chi connectivity index (χ3n) is 5.28. The molecule has 2 aliphatic rings. The van der Waals surface area contributed by atoms with Crippen molar-refractivity contribution in [1.82, 2.24) is 4.90 Å². The van der Waals surface area contributed by atoms with Crippen LogP contribution in [-0.2, 0) is 9.47 Å². The standard InChI is InChI=1S/C20H29N3O5/c1-20(2,3)28-19(25)23-9-11-6-12(10-23)17(11)22-15-7-13(18(24)27-5)14(21)8-16(15)26-4/h7-8,11-12,17,22H,6,9-10,21H2,1-5H3/t11-,12+,17+. The van der Waals surface area contributed by atoms with Crippen LogP contribution in [0, 0.1) is 11.8 Å². The number of nitrogen functional groups attached to an aromatic ring is 1. The average molecular weight is 391 g/mol. The fourth-order valence-corrected chi connectivity index (χ4v) is 3.94. The molecule has 1 aliphatic heterocycles. The number of ether oxygens (including phenoxy) is 3. The van der Waals surface area contributed by atoms with Gasteiger partial charge in [0.15, 0.2) is 0 Å². The Kier molecular flexibility index (Phi) is 5.32. The lowest BCUT2D eigenvalue weighted by atomic mass is 9.66. The molecule has 1 saturated heterocycles. The van der Waals surface area contributed by atoms with E-state index < -0.39 is 11.6 Å². The molecular formula is C20H29N3O5. The Hall–Kier alpha value is -2.64. The van der Waals surface area contributed by atoms with Crippen molar-refractivity contribution in [2.24, 2.45) is 11.8 Å². The number of amides is 1. The van der Waals surface area contributed by atoms with Gasteiger partial charge in [0.05, 0.1) is 25.5 Å². The zero-order chi connectivity index (χ0) is 20.6. The summed E-state index contributed by atoms with van der Waals surface area (Å²) in [6, 6.07) is 3.48. The molecule has 3 atom stereocenters. The third kappa shape index (κ3) is 3.95. The number of carbonyl (C=O) groups excluding carboxylic acids is 2. The molecule has 8 heteroatoms. The Bertz CT molecular complexity index is 762. The number of anilines is 2. The molecule has 1 amide bonds. The maximum atomic E-state index is 12.3. The number of nitrogens with two attached hydrogens (primary N) is 1. The van der Waals surface area contributed by atoms with Crippen molar-refractivity contribution in [3.8, 4) is 5.75 Å². The minimum absolute atomic E-state index is 0.196. The van der Waals surface area contributed by atoms with E-state index in [0.717, 1.165) is 6.42 Å². The van der Waals surface area contributed by atoms with E-state index >= 15 is 0 Å². The molecule has 0 aromatic heterocycles. The molecule has 1 heterocycles. The molecule has 3 N–H and O–H groups in total. The van der Waals surface area contributed by atoms with Crippen LogP contribution < -0.4 is 15.8 Å². The topological polar surface area (TPSA) is 103 Å². The molecule has 8 nitrogen and oxygen atoms in total. The number of esters is 1. The van der Waals surface area contributed by atoms with Crippen LogP contribution >= 0.6 is 0 Å². The number of hydrogen-bond donors (Lipinski definition) is 2. The molecule has 1 aliphatic carbocycles. The normalized spacial score (nSPS) is 23.5. The Balaban J connectivity index is 1.71. The van der Waals surface area contributed by atoms with E-state index in [1.54, 1.807) is 24.1 Å². The average Bonchev–Trinajstić information content (AvgIpc) is 2.64. The van der Waals surface area contributed by atoms with E-state index in [0.29, 0.717) is 47.6 Å². The molecule has 0 unspecified atom stereocenters. The summed E-state index contributed by atoms with van der Waals surface area (Å²) >= 11 is 0. The first-order valence-corrected chi connectivity index (χ1v) is 9.43. The molecule has 2 bridgehead atoms. The van der Waals surface area contributed by atoms with Gasteiger partial charge in [0.25, 0.3) is 0 Å². The highest BCUT2D eigenvalue weighted by Crippen LogP contribution is 2.44.